The zero-order valence-corrected chi connectivity index (χ0v) is 11.1. The largest absolute Gasteiger partial charge is 0.368 e. The number of nitrogens with zero attached hydrogens (tertiary/aromatic N) is 6. The summed E-state index contributed by atoms with van der Waals surface area (Å²) in [6.07, 6.45) is 7.12. The third kappa shape index (κ3) is 2.89. The Kier molecular flexibility index (Phi) is 3.98. The maximum absolute atomic E-state index is 5.70. The molecule has 0 saturated heterocycles. The van der Waals surface area contributed by atoms with Gasteiger partial charge in [-0.25, -0.2) is 4.98 Å². The number of aromatic nitrogens is 5. The van der Waals surface area contributed by atoms with E-state index in [1.807, 2.05) is 11.9 Å². The average molecular weight is 265 g/mol. The van der Waals surface area contributed by atoms with Crippen LogP contribution in [0.15, 0.2) is 18.7 Å². The van der Waals surface area contributed by atoms with Crippen LogP contribution in [0, 0.1) is 0 Å². The summed E-state index contributed by atoms with van der Waals surface area (Å²) in [5.74, 6) is 2.26. The highest BCUT2D eigenvalue weighted by Crippen LogP contribution is 2.10. The van der Waals surface area contributed by atoms with Crippen LogP contribution in [0.3, 0.4) is 0 Å². The lowest BCUT2D eigenvalue weighted by atomic mass is 10.6. The van der Waals surface area contributed by atoms with E-state index in [0.29, 0.717) is 11.9 Å². The van der Waals surface area contributed by atoms with E-state index in [0.717, 1.165) is 12.3 Å². The van der Waals surface area contributed by atoms with Crippen LogP contribution in [-0.2, 0) is 0 Å². The fourth-order valence-electron chi connectivity index (χ4n) is 1.36. The third-order valence-corrected chi connectivity index (χ3v) is 2.93. The van der Waals surface area contributed by atoms with Crippen molar-refractivity contribution in [3.05, 3.63) is 18.7 Å². The van der Waals surface area contributed by atoms with Crippen molar-refractivity contribution in [1.29, 1.82) is 0 Å². The van der Waals surface area contributed by atoms with Gasteiger partial charge in [0.25, 0.3) is 0 Å². The van der Waals surface area contributed by atoms with E-state index < -0.39 is 0 Å². The fourth-order valence-corrected chi connectivity index (χ4v) is 1.82. The molecule has 0 aliphatic carbocycles. The second-order valence-electron chi connectivity index (χ2n) is 3.68. The molecule has 0 spiro atoms. The van der Waals surface area contributed by atoms with Crippen molar-refractivity contribution in [2.45, 2.75) is 0 Å². The first kappa shape index (κ1) is 12.6. The minimum absolute atomic E-state index is 0.208. The molecule has 0 aliphatic rings. The number of nitrogens with two attached hydrogens (primary N) is 1. The first-order valence-electron chi connectivity index (χ1n) is 5.40. The van der Waals surface area contributed by atoms with E-state index in [1.165, 1.54) is 0 Å². The number of anilines is 2. The Bertz CT molecular complexity index is 499. The van der Waals surface area contributed by atoms with Gasteiger partial charge in [0.15, 0.2) is 0 Å². The predicted molar refractivity (Wildman–Crippen MR) is 73.0 cm³/mol. The molecule has 18 heavy (non-hydrogen) atoms. The normalized spacial score (nSPS) is 10.6. The van der Waals surface area contributed by atoms with Crippen LogP contribution in [0.1, 0.15) is 0 Å². The van der Waals surface area contributed by atoms with Crippen LogP contribution in [-0.4, -0.2) is 50.1 Å². The zero-order chi connectivity index (χ0) is 13.0. The quantitative estimate of drug-likeness (QED) is 0.839. The first-order valence-corrected chi connectivity index (χ1v) is 6.80. The Morgan fingerprint density at radius 2 is 2.22 bits per heavy atom. The van der Waals surface area contributed by atoms with E-state index in [4.69, 9.17) is 5.73 Å². The molecule has 0 bridgehead atoms. The highest BCUT2D eigenvalue weighted by Gasteiger charge is 2.09. The third-order valence-electron chi connectivity index (χ3n) is 2.34. The minimum Gasteiger partial charge on any atom is -0.368 e. The molecule has 96 valence electrons. The van der Waals surface area contributed by atoms with Crippen molar-refractivity contribution in [3.63, 3.8) is 0 Å². The van der Waals surface area contributed by atoms with Gasteiger partial charge in [-0.1, -0.05) is 0 Å². The summed E-state index contributed by atoms with van der Waals surface area (Å²) in [5.41, 5.74) is 5.70. The van der Waals surface area contributed by atoms with Gasteiger partial charge in [-0.05, 0) is 6.26 Å². The SMILES string of the molecule is CSCCN(C)c1nc(N)nc(-n2ccnc2)n1. The predicted octanol–water partition coefficient (Wildman–Crippen LogP) is 0.439. The van der Waals surface area contributed by atoms with Crippen LogP contribution in [0.4, 0.5) is 11.9 Å². The summed E-state index contributed by atoms with van der Waals surface area (Å²) in [7, 11) is 1.93. The van der Waals surface area contributed by atoms with E-state index in [-0.39, 0.29) is 5.95 Å². The number of hydrogen-bond donors (Lipinski definition) is 1. The van der Waals surface area contributed by atoms with E-state index in [1.54, 1.807) is 35.0 Å². The molecule has 0 aliphatic heterocycles. The van der Waals surface area contributed by atoms with Gasteiger partial charge in [0, 0.05) is 31.7 Å². The first-order chi connectivity index (χ1) is 8.70. The molecular weight excluding hydrogens is 250 g/mol. The number of imidazole rings is 1. The number of hydrogen-bond acceptors (Lipinski definition) is 7. The van der Waals surface area contributed by atoms with Crippen molar-refractivity contribution in [1.82, 2.24) is 24.5 Å². The number of thioether (sulfide) groups is 1. The van der Waals surface area contributed by atoms with Gasteiger partial charge in [-0.3, -0.25) is 4.57 Å². The molecule has 0 unspecified atom stereocenters. The van der Waals surface area contributed by atoms with Gasteiger partial charge < -0.3 is 10.6 Å². The van der Waals surface area contributed by atoms with Crippen molar-refractivity contribution in [2.24, 2.45) is 0 Å². The molecule has 2 aromatic heterocycles. The molecule has 0 aromatic carbocycles. The molecule has 2 aromatic rings. The summed E-state index contributed by atoms with van der Waals surface area (Å²) >= 11 is 1.77. The monoisotopic (exact) mass is 265 g/mol. The van der Waals surface area contributed by atoms with Gasteiger partial charge in [0.05, 0.1) is 0 Å². The standard InChI is InChI=1S/C10H15N7S/c1-16(5-6-18-2)9-13-8(11)14-10(15-9)17-4-3-12-7-17/h3-4,7H,5-6H2,1-2H3,(H2,11,13,14,15). The van der Waals surface area contributed by atoms with Crippen molar-refractivity contribution < 1.29 is 0 Å². The molecule has 8 heteroatoms. The summed E-state index contributed by atoms with van der Waals surface area (Å²) < 4.78 is 1.70. The number of rotatable bonds is 5. The molecule has 0 amide bonds. The van der Waals surface area contributed by atoms with Gasteiger partial charge in [0.1, 0.15) is 6.33 Å². The Morgan fingerprint density at radius 1 is 1.39 bits per heavy atom. The second-order valence-corrected chi connectivity index (χ2v) is 4.66. The van der Waals surface area contributed by atoms with Crippen LogP contribution in [0.5, 0.6) is 0 Å². The maximum atomic E-state index is 5.70. The van der Waals surface area contributed by atoms with E-state index in [9.17, 15) is 0 Å². The lowest BCUT2D eigenvalue weighted by Gasteiger charge is -2.16. The highest BCUT2D eigenvalue weighted by atomic mass is 32.2. The molecule has 2 N–H and O–H groups in total. The number of nitrogen functional groups attached to an aromatic ring is 1. The molecular formula is C10H15N7S. The zero-order valence-electron chi connectivity index (χ0n) is 10.3. The van der Waals surface area contributed by atoms with Gasteiger partial charge in [0.2, 0.25) is 17.8 Å². The van der Waals surface area contributed by atoms with Gasteiger partial charge in [-0.2, -0.15) is 26.7 Å². The van der Waals surface area contributed by atoms with Crippen molar-refractivity contribution in [3.8, 4) is 5.95 Å². The lowest BCUT2D eigenvalue weighted by molar-refractivity contribution is 0.849. The smallest absolute Gasteiger partial charge is 0.241 e. The van der Waals surface area contributed by atoms with Crippen LogP contribution in [0.2, 0.25) is 0 Å². The Balaban J connectivity index is 2.26. The van der Waals surface area contributed by atoms with E-state index >= 15 is 0 Å². The maximum Gasteiger partial charge on any atom is 0.241 e. The molecule has 7 nitrogen and oxygen atoms in total. The Morgan fingerprint density at radius 3 is 2.89 bits per heavy atom. The van der Waals surface area contributed by atoms with Gasteiger partial charge in [-0.15, -0.1) is 0 Å². The van der Waals surface area contributed by atoms with Crippen LogP contribution >= 0.6 is 11.8 Å². The van der Waals surface area contributed by atoms with Crippen molar-refractivity contribution >= 4 is 23.7 Å². The molecule has 0 fully saturated rings. The average Bonchev–Trinajstić information content (AvgIpc) is 2.89. The molecule has 2 rings (SSSR count). The Hall–Kier alpha value is -1.83. The minimum atomic E-state index is 0.208. The summed E-state index contributed by atoms with van der Waals surface area (Å²) in [6, 6.07) is 0. The van der Waals surface area contributed by atoms with Crippen LogP contribution < -0.4 is 10.6 Å². The second kappa shape index (κ2) is 5.67. The topological polar surface area (TPSA) is 85.8 Å². The Labute approximate surface area is 109 Å². The lowest BCUT2D eigenvalue weighted by Crippen LogP contribution is -2.24. The fraction of sp³-hybridized carbons (Fsp3) is 0.400. The molecule has 0 atom stereocenters. The summed E-state index contributed by atoms with van der Waals surface area (Å²) in [5, 5.41) is 0. The highest BCUT2D eigenvalue weighted by molar-refractivity contribution is 7.98. The van der Waals surface area contributed by atoms with Crippen LogP contribution in [0.25, 0.3) is 5.95 Å². The summed E-state index contributed by atoms with van der Waals surface area (Å²) in [6.45, 7) is 0.855. The summed E-state index contributed by atoms with van der Waals surface area (Å²) in [4.78, 5) is 18.5. The molecule has 0 saturated carbocycles. The molecule has 2 heterocycles. The van der Waals surface area contributed by atoms with Crippen molar-refractivity contribution in [2.75, 3.05) is 36.2 Å². The van der Waals surface area contributed by atoms with E-state index in [2.05, 4.69) is 26.2 Å². The van der Waals surface area contributed by atoms with Gasteiger partial charge >= 0.3 is 0 Å². The molecule has 0 radical (unpaired) electrons.